The van der Waals surface area contributed by atoms with Gasteiger partial charge in [0.15, 0.2) is 11.6 Å². The first kappa shape index (κ1) is 18.9. The molecule has 1 amide bonds. The van der Waals surface area contributed by atoms with Crippen molar-refractivity contribution in [1.29, 1.82) is 0 Å². The lowest BCUT2D eigenvalue weighted by molar-refractivity contribution is -0.111. The Bertz CT molecular complexity index is 1030. The van der Waals surface area contributed by atoms with E-state index in [-0.39, 0.29) is 10.8 Å². The van der Waals surface area contributed by atoms with E-state index in [0.717, 1.165) is 5.01 Å². The van der Waals surface area contributed by atoms with E-state index in [1.54, 1.807) is 22.3 Å². The summed E-state index contributed by atoms with van der Waals surface area (Å²) in [7, 11) is 0. The lowest BCUT2D eigenvalue weighted by Gasteiger charge is -2.00. The SMILES string of the molecule is CC(=O)c1csc(Cn2ccc(NC(=O)/C=C\c3ccc(F)cc3Cl)n2)n1. The van der Waals surface area contributed by atoms with Crippen LogP contribution < -0.4 is 5.32 Å². The molecule has 9 heteroatoms. The van der Waals surface area contributed by atoms with Gasteiger partial charge in [-0.25, -0.2) is 9.37 Å². The number of benzene rings is 1. The van der Waals surface area contributed by atoms with Crippen molar-refractivity contribution in [2.45, 2.75) is 13.5 Å². The Kier molecular flexibility index (Phi) is 5.78. The van der Waals surface area contributed by atoms with Gasteiger partial charge in [0.05, 0.1) is 11.6 Å². The number of rotatable bonds is 6. The van der Waals surface area contributed by atoms with E-state index in [1.165, 1.54) is 48.6 Å². The van der Waals surface area contributed by atoms with Crippen molar-refractivity contribution < 1.29 is 14.0 Å². The number of nitrogens with one attached hydrogen (secondary N) is 1. The average molecular weight is 405 g/mol. The molecule has 0 spiro atoms. The molecule has 2 aromatic heterocycles. The van der Waals surface area contributed by atoms with Crippen LogP contribution in [0.1, 0.15) is 28.0 Å². The first-order valence-electron chi connectivity index (χ1n) is 7.83. The minimum Gasteiger partial charge on any atom is -0.306 e. The number of carbonyl (C=O) groups is 2. The number of aromatic nitrogens is 3. The Balaban J connectivity index is 1.60. The lowest BCUT2D eigenvalue weighted by atomic mass is 10.2. The van der Waals surface area contributed by atoms with Gasteiger partial charge in [0.25, 0.3) is 0 Å². The van der Waals surface area contributed by atoms with Crippen LogP contribution in [0.4, 0.5) is 10.2 Å². The van der Waals surface area contributed by atoms with Crippen LogP contribution in [0, 0.1) is 5.82 Å². The van der Waals surface area contributed by atoms with Crippen molar-refractivity contribution >= 4 is 46.5 Å². The average Bonchev–Trinajstić information content (AvgIpc) is 3.24. The first-order chi connectivity index (χ1) is 12.9. The highest BCUT2D eigenvalue weighted by molar-refractivity contribution is 7.09. The van der Waals surface area contributed by atoms with Crippen molar-refractivity contribution in [3.8, 4) is 0 Å². The molecule has 0 aliphatic heterocycles. The molecule has 27 heavy (non-hydrogen) atoms. The Morgan fingerprint density at radius 2 is 2.19 bits per heavy atom. The Labute approximate surface area is 163 Å². The van der Waals surface area contributed by atoms with Gasteiger partial charge in [-0.05, 0) is 23.8 Å². The zero-order valence-corrected chi connectivity index (χ0v) is 15.7. The zero-order chi connectivity index (χ0) is 19.4. The van der Waals surface area contributed by atoms with Gasteiger partial charge in [-0.2, -0.15) is 5.10 Å². The molecular formula is C18H14ClFN4O2S. The number of hydrogen-bond donors (Lipinski definition) is 1. The maximum Gasteiger partial charge on any atom is 0.249 e. The molecule has 138 valence electrons. The van der Waals surface area contributed by atoms with Crippen LogP contribution in [0.2, 0.25) is 5.02 Å². The third-order valence-corrected chi connectivity index (χ3v) is 4.64. The molecule has 3 rings (SSSR count). The van der Waals surface area contributed by atoms with Gasteiger partial charge < -0.3 is 5.32 Å². The molecule has 0 aliphatic rings. The van der Waals surface area contributed by atoms with Crippen LogP contribution in [0.15, 0.2) is 41.9 Å². The fourth-order valence-corrected chi connectivity index (χ4v) is 3.22. The summed E-state index contributed by atoms with van der Waals surface area (Å²) < 4.78 is 14.6. The van der Waals surface area contributed by atoms with E-state index in [9.17, 15) is 14.0 Å². The molecule has 0 aliphatic carbocycles. The largest absolute Gasteiger partial charge is 0.306 e. The molecular weight excluding hydrogens is 391 g/mol. The summed E-state index contributed by atoms with van der Waals surface area (Å²) in [5.41, 5.74) is 0.962. The predicted octanol–water partition coefficient (Wildman–Crippen LogP) is 4.03. The third kappa shape index (κ3) is 5.08. The number of amides is 1. The highest BCUT2D eigenvalue weighted by atomic mass is 35.5. The van der Waals surface area contributed by atoms with E-state index >= 15 is 0 Å². The van der Waals surface area contributed by atoms with Crippen LogP contribution >= 0.6 is 22.9 Å². The molecule has 6 nitrogen and oxygen atoms in total. The number of thiazole rings is 1. The fraction of sp³-hybridized carbons (Fsp3) is 0.111. The maximum absolute atomic E-state index is 13.0. The van der Waals surface area contributed by atoms with Crippen LogP contribution in [-0.2, 0) is 11.3 Å². The predicted molar refractivity (Wildman–Crippen MR) is 103 cm³/mol. The summed E-state index contributed by atoms with van der Waals surface area (Å²) in [4.78, 5) is 27.5. The third-order valence-electron chi connectivity index (χ3n) is 3.48. The summed E-state index contributed by atoms with van der Waals surface area (Å²) in [6.07, 6.45) is 4.48. The maximum atomic E-state index is 13.0. The van der Waals surface area contributed by atoms with Gasteiger partial charge in [0.1, 0.15) is 16.5 Å². The molecule has 1 aromatic carbocycles. The smallest absolute Gasteiger partial charge is 0.249 e. The number of carbonyl (C=O) groups excluding carboxylic acids is 2. The number of nitrogens with zero attached hydrogens (tertiary/aromatic N) is 3. The summed E-state index contributed by atoms with van der Waals surface area (Å²) in [5.74, 6) is -0.547. The monoisotopic (exact) mass is 404 g/mol. The van der Waals surface area contributed by atoms with Gasteiger partial charge in [0.2, 0.25) is 5.91 Å². The summed E-state index contributed by atoms with van der Waals surface area (Å²) in [6, 6.07) is 5.58. The molecule has 0 atom stereocenters. The molecule has 2 heterocycles. The lowest BCUT2D eigenvalue weighted by Crippen LogP contribution is -2.09. The van der Waals surface area contributed by atoms with Gasteiger partial charge in [0, 0.05) is 30.6 Å². The summed E-state index contributed by atoms with van der Waals surface area (Å²) >= 11 is 7.28. The van der Waals surface area contributed by atoms with Crippen LogP contribution in [0.5, 0.6) is 0 Å². The number of ketones is 1. The second-order valence-corrected chi connectivity index (χ2v) is 6.92. The second kappa shape index (κ2) is 8.24. The quantitative estimate of drug-likeness (QED) is 0.497. The Morgan fingerprint density at radius 1 is 1.37 bits per heavy atom. The van der Waals surface area contributed by atoms with Gasteiger partial charge in [-0.1, -0.05) is 17.7 Å². The van der Waals surface area contributed by atoms with E-state index in [1.807, 2.05) is 0 Å². The van der Waals surface area contributed by atoms with Crippen molar-refractivity contribution in [3.05, 3.63) is 69.0 Å². The summed E-state index contributed by atoms with van der Waals surface area (Å²) in [6.45, 7) is 1.86. The van der Waals surface area contributed by atoms with Crippen molar-refractivity contribution in [2.75, 3.05) is 5.32 Å². The molecule has 0 radical (unpaired) electrons. The molecule has 1 N–H and O–H groups in total. The Morgan fingerprint density at radius 3 is 2.89 bits per heavy atom. The van der Waals surface area contributed by atoms with Gasteiger partial charge in [-0.15, -0.1) is 11.3 Å². The number of halogens is 2. The van der Waals surface area contributed by atoms with E-state index in [4.69, 9.17) is 11.6 Å². The second-order valence-electron chi connectivity index (χ2n) is 5.57. The highest BCUT2D eigenvalue weighted by Crippen LogP contribution is 2.18. The van der Waals surface area contributed by atoms with Gasteiger partial charge >= 0.3 is 0 Å². The summed E-state index contributed by atoms with van der Waals surface area (Å²) in [5, 5.41) is 9.53. The van der Waals surface area contributed by atoms with Gasteiger partial charge in [-0.3, -0.25) is 14.3 Å². The Hall–Kier alpha value is -2.84. The molecule has 3 aromatic rings. The number of hydrogen-bond acceptors (Lipinski definition) is 5. The van der Waals surface area contributed by atoms with E-state index in [0.29, 0.717) is 23.6 Å². The molecule has 0 bridgehead atoms. The first-order valence-corrected chi connectivity index (χ1v) is 9.09. The zero-order valence-electron chi connectivity index (χ0n) is 14.1. The van der Waals surface area contributed by atoms with Crippen LogP contribution in [0.3, 0.4) is 0 Å². The van der Waals surface area contributed by atoms with Crippen LogP contribution in [0.25, 0.3) is 6.08 Å². The van der Waals surface area contributed by atoms with Crippen molar-refractivity contribution in [3.63, 3.8) is 0 Å². The number of anilines is 1. The standard InChI is InChI=1S/C18H14ClFN4O2S/c1-11(25)15-10-27-18(21-15)9-24-7-6-16(23-24)22-17(26)5-3-12-2-4-13(20)8-14(12)19/h2-8,10H,9H2,1H3,(H,22,23,26)/b5-3-. The highest BCUT2D eigenvalue weighted by Gasteiger charge is 2.08. The fourth-order valence-electron chi connectivity index (χ4n) is 2.17. The number of Topliss-reactive ketones (excluding diaryl/α,β-unsaturated/α-hetero) is 1. The normalized spacial score (nSPS) is 11.1. The molecule has 0 saturated heterocycles. The van der Waals surface area contributed by atoms with E-state index in [2.05, 4.69) is 15.4 Å². The van der Waals surface area contributed by atoms with Crippen molar-refractivity contribution in [2.24, 2.45) is 0 Å². The minimum absolute atomic E-state index is 0.0843. The van der Waals surface area contributed by atoms with Crippen LogP contribution in [-0.4, -0.2) is 26.5 Å². The van der Waals surface area contributed by atoms with Crippen molar-refractivity contribution in [1.82, 2.24) is 14.8 Å². The molecule has 0 saturated carbocycles. The van der Waals surface area contributed by atoms with E-state index < -0.39 is 11.7 Å². The topological polar surface area (TPSA) is 76.9 Å². The molecule has 0 unspecified atom stereocenters. The molecule has 0 fully saturated rings. The minimum atomic E-state index is -0.442.